The molecule has 0 bridgehead atoms. The maximum absolute atomic E-state index is 4.44. The molecule has 1 nitrogen and oxygen atoms in total. The summed E-state index contributed by atoms with van der Waals surface area (Å²) in [5, 5.41) is 0. The van der Waals surface area contributed by atoms with Gasteiger partial charge in [-0.05, 0) is 43.5 Å². The van der Waals surface area contributed by atoms with E-state index in [1.54, 1.807) is 0 Å². The van der Waals surface area contributed by atoms with Crippen molar-refractivity contribution in [2.75, 3.05) is 25.4 Å². The lowest BCUT2D eigenvalue weighted by Crippen LogP contribution is -2.33. The van der Waals surface area contributed by atoms with Crippen molar-refractivity contribution in [1.82, 2.24) is 4.90 Å². The predicted molar refractivity (Wildman–Crippen MR) is 69.2 cm³/mol. The largest absolute Gasteiger partial charge is 0.303 e. The Morgan fingerprint density at radius 1 is 1.07 bits per heavy atom. The van der Waals surface area contributed by atoms with Gasteiger partial charge in [-0.1, -0.05) is 27.7 Å². The molecule has 86 valence electrons. The quantitative estimate of drug-likeness (QED) is 0.611. The molecule has 0 N–H and O–H groups in total. The molecular formula is C12H27NS. The van der Waals surface area contributed by atoms with Gasteiger partial charge in [-0.15, -0.1) is 0 Å². The van der Waals surface area contributed by atoms with E-state index in [2.05, 4.69) is 45.2 Å². The second-order valence-corrected chi connectivity index (χ2v) is 4.85. The van der Waals surface area contributed by atoms with Crippen molar-refractivity contribution in [3.63, 3.8) is 0 Å². The maximum Gasteiger partial charge on any atom is 0.00199 e. The van der Waals surface area contributed by atoms with Crippen molar-refractivity contribution >= 4 is 12.6 Å². The fraction of sp³-hybridized carbons (Fsp3) is 1.00. The Balaban J connectivity index is 3.96. The van der Waals surface area contributed by atoms with Crippen molar-refractivity contribution in [3.8, 4) is 0 Å². The molecule has 0 amide bonds. The molecular weight excluding hydrogens is 190 g/mol. The third-order valence-electron chi connectivity index (χ3n) is 2.75. The van der Waals surface area contributed by atoms with Gasteiger partial charge in [0.05, 0.1) is 0 Å². The molecule has 0 aliphatic carbocycles. The average molecular weight is 217 g/mol. The minimum atomic E-state index is 0.747. The summed E-state index contributed by atoms with van der Waals surface area (Å²) in [4.78, 5) is 2.58. The summed E-state index contributed by atoms with van der Waals surface area (Å²) < 4.78 is 0. The van der Waals surface area contributed by atoms with E-state index in [1.165, 1.54) is 32.5 Å². The van der Waals surface area contributed by atoms with E-state index < -0.39 is 0 Å². The minimum Gasteiger partial charge on any atom is -0.303 e. The molecule has 0 rings (SSSR count). The summed E-state index contributed by atoms with van der Waals surface area (Å²) in [6.07, 6.45) is 2.52. The molecule has 0 spiro atoms. The topological polar surface area (TPSA) is 3.24 Å². The standard InChI is InChI=1S/C12H27NS/c1-5-7-13(8-6-2)9-12(10-14)11(3)4/h11-12,14H,5-10H2,1-4H3. The first kappa shape index (κ1) is 14.3. The molecule has 0 saturated heterocycles. The van der Waals surface area contributed by atoms with E-state index in [-0.39, 0.29) is 0 Å². The molecule has 0 aliphatic rings. The summed E-state index contributed by atoms with van der Waals surface area (Å²) in [5.74, 6) is 2.52. The van der Waals surface area contributed by atoms with Gasteiger partial charge in [0.25, 0.3) is 0 Å². The van der Waals surface area contributed by atoms with Crippen LogP contribution in [0, 0.1) is 11.8 Å². The van der Waals surface area contributed by atoms with E-state index in [1.807, 2.05) is 0 Å². The third-order valence-corrected chi connectivity index (χ3v) is 3.22. The smallest absolute Gasteiger partial charge is 0.00199 e. The number of nitrogens with zero attached hydrogens (tertiary/aromatic N) is 1. The van der Waals surface area contributed by atoms with E-state index in [0.29, 0.717) is 0 Å². The van der Waals surface area contributed by atoms with Crippen molar-refractivity contribution in [1.29, 1.82) is 0 Å². The zero-order valence-corrected chi connectivity index (χ0v) is 11.2. The van der Waals surface area contributed by atoms with Gasteiger partial charge in [0.2, 0.25) is 0 Å². The first-order valence-corrected chi connectivity index (χ1v) is 6.62. The van der Waals surface area contributed by atoms with Crippen LogP contribution in [-0.2, 0) is 0 Å². The summed E-state index contributed by atoms with van der Waals surface area (Å²) in [6.45, 7) is 12.8. The Morgan fingerprint density at radius 2 is 1.57 bits per heavy atom. The lowest BCUT2D eigenvalue weighted by molar-refractivity contribution is 0.214. The molecule has 0 fully saturated rings. The van der Waals surface area contributed by atoms with Gasteiger partial charge in [-0.3, -0.25) is 0 Å². The number of thiol groups is 1. The Hall–Kier alpha value is 0.310. The highest BCUT2D eigenvalue weighted by molar-refractivity contribution is 7.80. The van der Waals surface area contributed by atoms with Crippen LogP contribution in [0.25, 0.3) is 0 Å². The highest BCUT2D eigenvalue weighted by atomic mass is 32.1. The van der Waals surface area contributed by atoms with E-state index in [0.717, 1.165) is 17.6 Å². The fourth-order valence-electron chi connectivity index (χ4n) is 1.74. The molecule has 0 radical (unpaired) electrons. The highest BCUT2D eigenvalue weighted by Crippen LogP contribution is 2.14. The summed E-state index contributed by atoms with van der Waals surface area (Å²) in [5.41, 5.74) is 0. The van der Waals surface area contributed by atoms with Gasteiger partial charge in [0.1, 0.15) is 0 Å². The molecule has 0 aromatic carbocycles. The molecule has 1 unspecified atom stereocenters. The molecule has 0 aromatic rings. The SMILES string of the molecule is CCCN(CCC)CC(CS)C(C)C. The Kier molecular flexibility index (Phi) is 8.80. The minimum absolute atomic E-state index is 0.747. The molecule has 0 heterocycles. The van der Waals surface area contributed by atoms with Crippen molar-refractivity contribution < 1.29 is 0 Å². The van der Waals surface area contributed by atoms with Gasteiger partial charge in [-0.25, -0.2) is 0 Å². The Labute approximate surface area is 95.7 Å². The van der Waals surface area contributed by atoms with Gasteiger partial charge < -0.3 is 4.90 Å². The first-order chi connectivity index (χ1) is 6.65. The second-order valence-electron chi connectivity index (χ2n) is 4.49. The average Bonchev–Trinajstić information content (AvgIpc) is 2.14. The van der Waals surface area contributed by atoms with Crippen LogP contribution in [0.5, 0.6) is 0 Å². The van der Waals surface area contributed by atoms with Gasteiger partial charge in [-0.2, -0.15) is 12.6 Å². The van der Waals surface area contributed by atoms with Gasteiger partial charge in [0.15, 0.2) is 0 Å². The molecule has 0 saturated carbocycles. The fourth-order valence-corrected chi connectivity index (χ4v) is 2.27. The zero-order chi connectivity index (χ0) is 11.0. The molecule has 14 heavy (non-hydrogen) atoms. The van der Waals surface area contributed by atoms with Crippen LogP contribution in [0.3, 0.4) is 0 Å². The highest BCUT2D eigenvalue weighted by Gasteiger charge is 2.15. The summed E-state index contributed by atoms with van der Waals surface area (Å²) >= 11 is 4.44. The van der Waals surface area contributed by atoms with Crippen LogP contribution < -0.4 is 0 Å². The zero-order valence-electron chi connectivity index (χ0n) is 10.3. The lowest BCUT2D eigenvalue weighted by atomic mass is 9.97. The van der Waals surface area contributed by atoms with Crippen LogP contribution >= 0.6 is 12.6 Å². The Bertz CT molecular complexity index is 119. The van der Waals surface area contributed by atoms with Gasteiger partial charge in [0, 0.05) is 6.54 Å². The Morgan fingerprint density at radius 3 is 1.86 bits per heavy atom. The van der Waals surface area contributed by atoms with Crippen LogP contribution in [0.1, 0.15) is 40.5 Å². The lowest BCUT2D eigenvalue weighted by Gasteiger charge is -2.28. The van der Waals surface area contributed by atoms with Crippen molar-refractivity contribution in [2.24, 2.45) is 11.8 Å². The second kappa shape index (κ2) is 8.60. The third kappa shape index (κ3) is 5.92. The van der Waals surface area contributed by atoms with Crippen LogP contribution in [-0.4, -0.2) is 30.3 Å². The molecule has 0 aromatic heterocycles. The van der Waals surface area contributed by atoms with Crippen molar-refractivity contribution in [2.45, 2.75) is 40.5 Å². The molecule has 1 atom stereocenters. The van der Waals surface area contributed by atoms with Crippen LogP contribution in [0.15, 0.2) is 0 Å². The van der Waals surface area contributed by atoms with E-state index in [4.69, 9.17) is 0 Å². The molecule has 2 heteroatoms. The number of rotatable bonds is 8. The maximum atomic E-state index is 4.44. The number of hydrogen-bond acceptors (Lipinski definition) is 2. The van der Waals surface area contributed by atoms with Crippen molar-refractivity contribution in [3.05, 3.63) is 0 Å². The van der Waals surface area contributed by atoms with Crippen LogP contribution in [0.2, 0.25) is 0 Å². The molecule has 0 aliphatic heterocycles. The van der Waals surface area contributed by atoms with E-state index >= 15 is 0 Å². The van der Waals surface area contributed by atoms with Crippen LogP contribution in [0.4, 0.5) is 0 Å². The normalized spacial score (nSPS) is 13.9. The first-order valence-electron chi connectivity index (χ1n) is 5.98. The van der Waals surface area contributed by atoms with Gasteiger partial charge >= 0.3 is 0 Å². The monoisotopic (exact) mass is 217 g/mol. The summed E-state index contributed by atoms with van der Waals surface area (Å²) in [6, 6.07) is 0. The number of hydrogen-bond donors (Lipinski definition) is 1. The summed E-state index contributed by atoms with van der Waals surface area (Å²) in [7, 11) is 0. The predicted octanol–water partition coefficient (Wildman–Crippen LogP) is 3.31. The van der Waals surface area contributed by atoms with E-state index in [9.17, 15) is 0 Å².